The Bertz CT molecular complexity index is 1880. The van der Waals surface area contributed by atoms with Crippen LogP contribution in [0.2, 0.25) is 0 Å². The molecule has 1 amide bonds. The lowest BCUT2D eigenvalue weighted by Crippen LogP contribution is -2.58. The zero-order valence-corrected chi connectivity index (χ0v) is 27.9. The lowest BCUT2D eigenvalue weighted by Gasteiger charge is -2.45. The minimum atomic E-state index is -0.562. The van der Waals surface area contributed by atoms with Crippen molar-refractivity contribution < 1.29 is 9.18 Å². The van der Waals surface area contributed by atoms with E-state index >= 15 is 4.39 Å². The molecule has 0 N–H and O–H groups in total. The Kier molecular flexibility index (Phi) is 9.28. The molecule has 1 aliphatic heterocycles. The van der Waals surface area contributed by atoms with E-state index in [-0.39, 0.29) is 41.2 Å². The van der Waals surface area contributed by atoms with E-state index in [1.165, 1.54) is 23.0 Å². The molecule has 0 radical (unpaired) electrons. The first-order valence-electron chi connectivity index (χ1n) is 15.8. The van der Waals surface area contributed by atoms with Crippen molar-refractivity contribution in [2.45, 2.75) is 65.5 Å². The van der Waals surface area contributed by atoms with Crippen molar-refractivity contribution in [3.05, 3.63) is 87.9 Å². The molecular formula is C34H40B2FN7O2. The van der Waals surface area contributed by atoms with Gasteiger partial charge in [-0.3, -0.25) is 4.79 Å². The van der Waals surface area contributed by atoms with Crippen molar-refractivity contribution in [3.63, 3.8) is 0 Å². The molecule has 12 heteroatoms. The topological polar surface area (TPSA) is 97.1 Å². The van der Waals surface area contributed by atoms with E-state index in [2.05, 4.69) is 21.5 Å². The molecule has 0 saturated carbocycles. The Labute approximate surface area is 271 Å². The van der Waals surface area contributed by atoms with Gasteiger partial charge in [0.2, 0.25) is 5.91 Å². The summed E-state index contributed by atoms with van der Waals surface area (Å²) in [6, 6.07) is 8.49. The van der Waals surface area contributed by atoms with E-state index in [1.807, 2.05) is 92.5 Å². The summed E-state index contributed by atoms with van der Waals surface area (Å²) < 4.78 is 17.9. The van der Waals surface area contributed by atoms with E-state index in [9.17, 15) is 9.59 Å². The van der Waals surface area contributed by atoms with Gasteiger partial charge in [0, 0.05) is 30.7 Å². The van der Waals surface area contributed by atoms with Crippen LogP contribution in [-0.2, 0) is 4.79 Å². The van der Waals surface area contributed by atoms with Gasteiger partial charge in [-0.25, -0.2) is 28.7 Å². The largest absolute Gasteiger partial charge is 0.355 e. The molecule has 2 atom stereocenters. The number of rotatable bonds is 7. The predicted octanol–water partition coefficient (Wildman–Crippen LogP) is 3.80. The van der Waals surface area contributed by atoms with Gasteiger partial charge < -0.3 is 9.80 Å². The van der Waals surface area contributed by atoms with E-state index < -0.39 is 11.5 Å². The molecule has 1 aromatic carbocycles. The molecule has 3 aromatic heterocycles. The van der Waals surface area contributed by atoms with Gasteiger partial charge in [-0.1, -0.05) is 64.6 Å². The van der Waals surface area contributed by atoms with Crippen LogP contribution in [0.1, 0.15) is 70.3 Å². The van der Waals surface area contributed by atoms with Crippen LogP contribution in [0.5, 0.6) is 0 Å². The summed E-state index contributed by atoms with van der Waals surface area (Å²) in [4.78, 5) is 49.4. The molecule has 0 bridgehead atoms. The number of hydrogen-bond donors (Lipinski definition) is 0. The fourth-order valence-electron chi connectivity index (χ4n) is 6.37. The Morgan fingerprint density at radius 1 is 1.02 bits per heavy atom. The van der Waals surface area contributed by atoms with Gasteiger partial charge in [-0.05, 0) is 43.4 Å². The molecule has 0 spiro atoms. The molecule has 1 fully saturated rings. The van der Waals surface area contributed by atoms with Crippen LogP contribution in [0.4, 0.5) is 10.2 Å². The van der Waals surface area contributed by atoms with Gasteiger partial charge in [0.25, 0.3) is 0 Å². The van der Waals surface area contributed by atoms with Crippen molar-refractivity contribution in [1.29, 1.82) is 0 Å². The number of carbonyl (C=O) groups excluding carboxylic acids is 1. The molecule has 0 aliphatic carbocycles. The first-order chi connectivity index (χ1) is 21.8. The Morgan fingerprint density at radius 2 is 1.63 bits per heavy atom. The number of halogens is 1. The lowest BCUT2D eigenvalue weighted by molar-refractivity contribution is -0.127. The van der Waals surface area contributed by atoms with Crippen molar-refractivity contribution in [3.8, 4) is 16.9 Å². The lowest BCUT2D eigenvalue weighted by atomic mass is 9.77. The predicted molar refractivity (Wildman–Crippen MR) is 188 cm³/mol. The van der Waals surface area contributed by atoms with Gasteiger partial charge in [-0.15, -0.1) is 5.37 Å². The highest BCUT2D eigenvalue weighted by Crippen LogP contribution is 2.36. The van der Waals surface area contributed by atoms with E-state index in [0.29, 0.717) is 46.9 Å². The van der Waals surface area contributed by atoms with Crippen LogP contribution in [0.15, 0.2) is 59.5 Å². The highest BCUT2D eigenvalue weighted by atomic mass is 19.1. The van der Waals surface area contributed by atoms with Gasteiger partial charge in [-0.2, -0.15) is 4.98 Å². The summed E-state index contributed by atoms with van der Waals surface area (Å²) in [6.07, 6.45) is 4.81. The van der Waals surface area contributed by atoms with Crippen LogP contribution in [0, 0.1) is 5.82 Å². The number of carbonyl (C=O) groups is 1. The van der Waals surface area contributed by atoms with Crippen molar-refractivity contribution >= 4 is 44.5 Å². The molecule has 4 heterocycles. The zero-order chi connectivity index (χ0) is 33.4. The van der Waals surface area contributed by atoms with Crippen molar-refractivity contribution in [2.75, 3.05) is 18.0 Å². The average Bonchev–Trinajstić information content (AvgIpc) is 3.00. The van der Waals surface area contributed by atoms with E-state index in [4.69, 9.17) is 4.98 Å². The molecule has 236 valence electrons. The van der Waals surface area contributed by atoms with E-state index in [1.54, 1.807) is 4.90 Å². The van der Waals surface area contributed by atoms with Crippen LogP contribution in [0.25, 0.3) is 34.1 Å². The standard InChI is InChI=1S/C34H40B2FN7O2/c1-8-27(45)42-15-20(6)43(21(7)16-42)33-24-14-25(37)30(23-12-10-9-11-22(23)13-26(35)36)40-32(24)44(34(46)41-33)31-28(18(2)3)38-17-39-29(31)19(4)5/h8-14,17-21H,1,15-16,35-36H2,2-7H3/t20-,21-/m0/s1. The molecule has 46 heavy (non-hydrogen) atoms. The minimum Gasteiger partial charge on any atom is -0.347 e. The normalized spacial score (nSPS) is 16.7. The Balaban J connectivity index is 1.89. The van der Waals surface area contributed by atoms with Crippen LogP contribution in [0.3, 0.4) is 0 Å². The fraction of sp³-hybridized carbons (Fsp3) is 0.353. The summed E-state index contributed by atoms with van der Waals surface area (Å²) in [5.41, 5.74) is 3.12. The highest BCUT2D eigenvalue weighted by molar-refractivity contribution is 6.50. The third-order valence-corrected chi connectivity index (χ3v) is 8.31. The monoisotopic (exact) mass is 619 g/mol. The molecule has 9 nitrogen and oxygen atoms in total. The summed E-state index contributed by atoms with van der Waals surface area (Å²) in [5.74, 6) is -0.470. The second-order valence-corrected chi connectivity index (χ2v) is 12.9. The summed E-state index contributed by atoms with van der Waals surface area (Å²) in [6.45, 7) is 16.4. The maximum absolute atomic E-state index is 16.4. The molecule has 1 aliphatic rings. The fourth-order valence-corrected chi connectivity index (χ4v) is 6.37. The second-order valence-electron chi connectivity index (χ2n) is 12.9. The van der Waals surface area contributed by atoms with Crippen LogP contribution < -0.4 is 10.6 Å². The Hall–Kier alpha value is -4.60. The smallest absolute Gasteiger partial charge is 0.347 e. The van der Waals surface area contributed by atoms with Gasteiger partial charge >= 0.3 is 5.69 Å². The van der Waals surface area contributed by atoms with Crippen LogP contribution >= 0.6 is 0 Å². The molecule has 0 unspecified atom stereocenters. The summed E-state index contributed by atoms with van der Waals surface area (Å²) >= 11 is 0. The van der Waals surface area contributed by atoms with Gasteiger partial charge in [0.15, 0.2) is 5.65 Å². The SMILES string of the molecule is BC(B)=Cc1ccccc1-c1nc2c(cc1F)c(N1[C@@H](C)CN(C(=O)C=C)C[C@@H]1C)nc(=O)n2-c1c(C(C)C)ncnc1C(C)C. The molecule has 1 saturated heterocycles. The Morgan fingerprint density at radius 3 is 2.20 bits per heavy atom. The average molecular weight is 619 g/mol. The number of benzene rings is 1. The second kappa shape index (κ2) is 13.0. The number of pyridine rings is 1. The first kappa shape index (κ1) is 32.8. The highest BCUT2D eigenvalue weighted by Gasteiger charge is 2.35. The maximum atomic E-state index is 16.4. The third-order valence-electron chi connectivity index (χ3n) is 8.31. The van der Waals surface area contributed by atoms with Gasteiger partial charge in [0.1, 0.15) is 39.3 Å². The number of anilines is 1. The zero-order valence-electron chi connectivity index (χ0n) is 27.9. The molecule has 4 aromatic rings. The molecule has 5 rings (SSSR count). The number of hydrogen-bond acceptors (Lipinski definition) is 7. The first-order valence-corrected chi connectivity index (χ1v) is 15.8. The number of nitrogens with zero attached hydrogens (tertiary/aromatic N) is 7. The maximum Gasteiger partial charge on any atom is 0.355 e. The minimum absolute atomic E-state index is 0.0500. The molecular weight excluding hydrogens is 579 g/mol. The van der Waals surface area contributed by atoms with E-state index in [0.717, 1.165) is 10.9 Å². The number of piperazine rings is 1. The summed E-state index contributed by atoms with van der Waals surface area (Å²) in [7, 11) is 3.97. The quantitative estimate of drug-likeness (QED) is 0.230. The van der Waals surface area contributed by atoms with Crippen molar-refractivity contribution in [1.82, 2.24) is 29.4 Å². The summed E-state index contributed by atoms with van der Waals surface area (Å²) in [5, 5.41) is 1.44. The number of amides is 1. The third kappa shape index (κ3) is 6.00. The van der Waals surface area contributed by atoms with Crippen molar-refractivity contribution in [2.24, 2.45) is 0 Å². The number of fused-ring (bicyclic) bond motifs is 1. The van der Waals surface area contributed by atoms with Gasteiger partial charge in [0.05, 0.1) is 22.5 Å². The number of aromatic nitrogens is 5. The van der Waals surface area contributed by atoms with Crippen LogP contribution in [-0.4, -0.2) is 76.2 Å².